The van der Waals surface area contributed by atoms with E-state index in [2.05, 4.69) is 17.8 Å². The molecule has 0 bridgehead atoms. The Bertz CT molecular complexity index is 1130. The molecule has 0 spiro atoms. The predicted molar refractivity (Wildman–Crippen MR) is 130 cm³/mol. The molecule has 0 saturated carbocycles. The van der Waals surface area contributed by atoms with Crippen molar-refractivity contribution >= 4 is 34.8 Å². The minimum absolute atomic E-state index is 0.0469. The highest BCUT2D eigenvalue weighted by atomic mass is 35.5. The van der Waals surface area contributed by atoms with Crippen molar-refractivity contribution in [2.24, 2.45) is 5.92 Å². The number of anilines is 2. The molecule has 1 aliphatic heterocycles. The maximum absolute atomic E-state index is 12.7. The van der Waals surface area contributed by atoms with Gasteiger partial charge in [-0.05, 0) is 42.3 Å². The van der Waals surface area contributed by atoms with Crippen LogP contribution in [0, 0.1) is 5.92 Å². The Labute approximate surface area is 198 Å². The summed E-state index contributed by atoms with van der Waals surface area (Å²) in [6, 6.07) is 22.7. The van der Waals surface area contributed by atoms with Crippen molar-refractivity contribution in [1.82, 2.24) is 5.43 Å². The zero-order valence-corrected chi connectivity index (χ0v) is 19.1. The quantitative estimate of drug-likeness (QED) is 0.462. The molecular weight excluding hydrogens is 438 g/mol. The Hall–Kier alpha value is -3.51. The molecule has 1 saturated heterocycles. The van der Waals surface area contributed by atoms with Crippen LogP contribution in [0.1, 0.15) is 24.5 Å². The largest absolute Gasteiger partial charge is 0.489 e. The number of rotatable bonds is 8. The molecule has 0 unspecified atom stereocenters. The first-order valence-electron chi connectivity index (χ1n) is 10.9. The highest BCUT2D eigenvalue weighted by Gasteiger charge is 2.35. The maximum atomic E-state index is 12.7. The van der Waals surface area contributed by atoms with E-state index in [-0.39, 0.29) is 18.2 Å². The van der Waals surface area contributed by atoms with Crippen LogP contribution in [0.25, 0.3) is 0 Å². The number of halogens is 1. The number of carbonyl (C=O) groups is 2. The summed E-state index contributed by atoms with van der Waals surface area (Å²) < 4.78 is 5.83. The number of hydrazine groups is 1. The van der Waals surface area contributed by atoms with Crippen LogP contribution in [0.15, 0.2) is 72.8 Å². The normalized spacial score (nSPS) is 15.4. The molecule has 6 nitrogen and oxygen atoms in total. The molecule has 7 heteroatoms. The van der Waals surface area contributed by atoms with E-state index in [9.17, 15) is 9.59 Å². The first-order chi connectivity index (χ1) is 16.0. The van der Waals surface area contributed by atoms with Crippen molar-refractivity contribution in [3.05, 3.63) is 88.9 Å². The van der Waals surface area contributed by atoms with E-state index in [1.807, 2.05) is 66.7 Å². The van der Waals surface area contributed by atoms with Crippen molar-refractivity contribution in [3.63, 3.8) is 0 Å². The molecule has 0 radical (unpaired) electrons. The Kier molecular flexibility index (Phi) is 7.15. The monoisotopic (exact) mass is 463 g/mol. The molecule has 0 aromatic heterocycles. The zero-order valence-electron chi connectivity index (χ0n) is 18.4. The van der Waals surface area contributed by atoms with Crippen LogP contribution in [-0.2, 0) is 22.6 Å². The molecule has 2 N–H and O–H groups in total. The van der Waals surface area contributed by atoms with Gasteiger partial charge < -0.3 is 9.64 Å². The molecule has 1 heterocycles. The lowest BCUT2D eigenvalue weighted by molar-refractivity contribution is -0.125. The average molecular weight is 464 g/mol. The number of nitrogens with zero attached hydrogens (tertiary/aromatic N) is 1. The van der Waals surface area contributed by atoms with Crippen molar-refractivity contribution in [1.29, 1.82) is 0 Å². The van der Waals surface area contributed by atoms with Gasteiger partial charge in [-0.3, -0.25) is 20.4 Å². The van der Waals surface area contributed by atoms with E-state index in [0.29, 0.717) is 29.6 Å². The summed E-state index contributed by atoms with van der Waals surface area (Å²) in [6.45, 7) is 2.79. The maximum Gasteiger partial charge on any atom is 0.243 e. The van der Waals surface area contributed by atoms with Crippen molar-refractivity contribution in [3.8, 4) is 5.75 Å². The molecule has 2 amide bonds. The molecule has 3 aromatic carbocycles. The minimum atomic E-state index is -0.421. The summed E-state index contributed by atoms with van der Waals surface area (Å²) in [7, 11) is 0. The van der Waals surface area contributed by atoms with Crippen LogP contribution in [0.2, 0.25) is 5.02 Å². The van der Waals surface area contributed by atoms with Crippen molar-refractivity contribution in [2.75, 3.05) is 16.9 Å². The minimum Gasteiger partial charge on any atom is -0.489 e. The standard InChI is InChI=1S/C26H26ClN3O3/c1-2-18-10-12-22(13-11-18)30-16-20(14-25(30)31)26(32)29-28-21-7-5-8-23(15-21)33-17-19-6-3-4-9-24(19)27/h3-13,15,20,28H,2,14,16-17H2,1H3,(H,29,32)/t20-/m1/s1. The second-order valence-corrected chi connectivity index (χ2v) is 8.35. The fraction of sp³-hybridized carbons (Fsp3) is 0.231. The lowest BCUT2D eigenvalue weighted by Gasteiger charge is -2.17. The van der Waals surface area contributed by atoms with Gasteiger partial charge >= 0.3 is 0 Å². The van der Waals surface area contributed by atoms with E-state index in [1.165, 1.54) is 5.56 Å². The molecule has 170 valence electrons. The second-order valence-electron chi connectivity index (χ2n) is 7.95. The number of aryl methyl sites for hydroxylation is 1. The van der Waals surface area contributed by atoms with Gasteiger partial charge in [0, 0.05) is 35.3 Å². The number of hydrogen-bond donors (Lipinski definition) is 2. The molecule has 1 aliphatic rings. The lowest BCUT2D eigenvalue weighted by atomic mass is 10.1. The van der Waals surface area contributed by atoms with Crippen LogP contribution < -0.4 is 20.5 Å². The summed E-state index contributed by atoms with van der Waals surface area (Å²) in [5.74, 6) is -0.0461. The molecule has 1 atom stereocenters. The van der Waals surface area contributed by atoms with Gasteiger partial charge in [0.25, 0.3) is 0 Å². The molecule has 0 aliphatic carbocycles. The average Bonchev–Trinajstić information content (AvgIpc) is 3.24. The van der Waals surface area contributed by atoms with Gasteiger partial charge in [0.15, 0.2) is 0 Å². The van der Waals surface area contributed by atoms with Gasteiger partial charge in [0.05, 0.1) is 11.6 Å². The van der Waals surface area contributed by atoms with Crippen molar-refractivity contribution < 1.29 is 14.3 Å². The third-order valence-electron chi connectivity index (χ3n) is 5.67. The second kappa shape index (κ2) is 10.4. The molecule has 1 fully saturated rings. The molecule has 4 rings (SSSR count). The highest BCUT2D eigenvalue weighted by molar-refractivity contribution is 6.31. The summed E-state index contributed by atoms with van der Waals surface area (Å²) in [5.41, 5.74) is 9.24. The van der Waals surface area contributed by atoms with E-state index in [1.54, 1.807) is 11.0 Å². The topological polar surface area (TPSA) is 70.7 Å². The van der Waals surface area contributed by atoms with Gasteiger partial charge in [0.2, 0.25) is 11.8 Å². The summed E-state index contributed by atoms with van der Waals surface area (Å²) in [4.78, 5) is 26.8. The number of ether oxygens (including phenoxy) is 1. The number of amides is 2. The number of hydrogen-bond acceptors (Lipinski definition) is 4. The highest BCUT2D eigenvalue weighted by Crippen LogP contribution is 2.26. The molecule has 3 aromatic rings. The van der Waals surface area contributed by atoms with Crippen LogP contribution >= 0.6 is 11.6 Å². The number of benzene rings is 3. The zero-order chi connectivity index (χ0) is 23.2. The first kappa shape index (κ1) is 22.7. The van der Waals surface area contributed by atoms with E-state index in [0.717, 1.165) is 17.7 Å². The fourth-order valence-corrected chi connectivity index (χ4v) is 3.91. The third kappa shape index (κ3) is 5.65. The summed E-state index contributed by atoms with van der Waals surface area (Å²) >= 11 is 6.17. The Morgan fingerprint density at radius 3 is 2.64 bits per heavy atom. The molecular formula is C26H26ClN3O3. The van der Waals surface area contributed by atoms with Gasteiger partial charge in [-0.15, -0.1) is 0 Å². The van der Waals surface area contributed by atoms with Crippen LogP contribution in [0.4, 0.5) is 11.4 Å². The first-order valence-corrected chi connectivity index (χ1v) is 11.3. The fourth-order valence-electron chi connectivity index (χ4n) is 3.72. The summed E-state index contributed by atoms with van der Waals surface area (Å²) in [6.07, 6.45) is 1.13. The van der Waals surface area contributed by atoms with Crippen LogP contribution in [-0.4, -0.2) is 18.4 Å². The molecule has 33 heavy (non-hydrogen) atoms. The number of carbonyl (C=O) groups excluding carboxylic acids is 2. The van der Waals surface area contributed by atoms with Gasteiger partial charge in [0.1, 0.15) is 12.4 Å². The lowest BCUT2D eigenvalue weighted by Crippen LogP contribution is -2.36. The third-order valence-corrected chi connectivity index (χ3v) is 6.04. The van der Waals surface area contributed by atoms with Crippen LogP contribution in [0.3, 0.4) is 0 Å². The van der Waals surface area contributed by atoms with Crippen molar-refractivity contribution in [2.45, 2.75) is 26.4 Å². The van der Waals surface area contributed by atoms with Gasteiger partial charge in [-0.1, -0.05) is 54.9 Å². The van der Waals surface area contributed by atoms with E-state index >= 15 is 0 Å². The number of nitrogens with one attached hydrogen (secondary N) is 2. The Morgan fingerprint density at radius 1 is 1.09 bits per heavy atom. The summed E-state index contributed by atoms with van der Waals surface area (Å²) in [5, 5.41) is 0.653. The predicted octanol–water partition coefficient (Wildman–Crippen LogP) is 4.98. The van der Waals surface area contributed by atoms with Crippen LogP contribution in [0.5, 0.6) is 5.75 Å². The Balaban J connectivity index is 1.31. The van der Waals surface area contributed by atoms with E-state index < -0.39 is 5.92 Å². The Morgan fingerprint density at radius 2 is 1.88 bits per heavy atom. The SMILES string of the molecule is CCc1ccc(N2C[C@H](C(=O)NNc3cccc(OCc4ccccc4Cl)c3)CC2=O)cc1. The van der Waals surface area contributed by atoms with Gasteiger partial charge in [-0.25, -0.2) is 0 Å². The van der Waals surface area contributed by atoms with Gasteiger partial charge in [-0.2, -0.15) is 0 Å². The van der Waals surface area contributed by atoms with E-state index in [4.69, 9.17) is 16.3 Å². The smallest absolute Gasteiger partial charge is 0.243 e.